The number of carbonyl (C=O) groups is 4. The summed E-state index contributed by atoms with van der Waals surface area (Å²) in [4.78, 5) is 52.3. The zero-order valence-electron chi connectivity index (χ0n) is 24.9. The molecular weight excluding hydrogens is 484 g/mol. The van der Waals surface area contributed by atoms with Crippen LogP contribution in [0.5, 0.6) is 0 Å². The number of amides is 4. The van der Waals surface area contributed by atoms with E-state index in [0.717, 1.165) is 5.92 Å². The lowest BCUT2D eigenvalue weighted by Crippen LogP contribution is -2.60. The van der Waals surface area contributed by atoms with E-state index in [4.69, 9.17) is 10.5 Å². The van der Waals surface area contributed by atoms with Gasteiger partial charge in [0.05, 0.1) is 0 Å². The summed E-state index contributed by atoms with van der Waals surface area (Å²) >= 11 is 0. The molecule has 9 heteroatoms. The number of nitrogens with one attached hydrogen (secondary N) is 2. The molecule has 1 aliphatic heterocycles. The van der Waals surface area contributed by atoms with Crippen LogP contribution in [0.1, 0.15) is 88.0 Å². The maximum atomic E-state index is 13.8. The average Bonchev–Trinajstić information content (AvgIpc) is 3.11. The van der Waals surface area contributed by atoms with Crippen LogP contribution >= 0.6 is 0 Å². The number of alkyl carbamates (subject to hydrolysis) is 1. The Morgan fingerprint density at radius 2 is 1.68 bits per heavy atom. The molecule has 1 heterocycles. The van der Waals surface area contributed by atoms with Crippen molar-refractivity contribution >= 4 is 23.8 Å². The Morgan fingerprint density at radius 3 is 2.11 bits per heavy atom. The van der Waals surface area contributed by atoms with E-state index in [1.165, 1.54) is 19.3 Å². The van der Waals surface area contributed by atoms with Crippen molar-refractivity contribution in [3.63, 3.8) is 0 Å². The molecule has 0 bridgehead atoms. The molecular formula is C29H50N4O5. The van der Waals surface area contributed by atoms with Crippen LogP contribution < -0.4 is 16.4 Å². The highest BCUT2D eigenvalue weighted by Gasteiger charge is 2.69. The van der Waals surface area contributed by atoms with Crippen molar-refractivity contribution in [3.05, 3.63) is 12.2 Å². The molecule has 2 saturated carbocycles. The van der Waals surface area contributed by atoms with E-state index in [0.29, 0.717) is 13.0 Å². The molecule has 0 aromatic heterocycles. The number of primary amides is 1. The molecule has 0 spiro atoms. The van der Waals surface area contributed by atoms with Crippen LogP contribution in [-0.4, -0.2) is 59.5 Å². The van der Waals surface area contributed by atoms with Crippen LogP contribution in [0, 0.1) is 28.6 Å². The van der Waals surface area contributed by atoms with Crippen LogP contribution in [0.25, 0.3) is 0 Å². The molecule has 38 heavy (non-hydrogen) atoms. The van der Waals surface area contributed by atoms with Crippen LogP contribution in [-0.2, 0) is 19.1 Å². The number of nitrogens with zero attached hydrogens (tertiary/aromatic N) is 1. The molecule has 4 N–H and O–H groups in total. The summed E-state index contributed by atoms with van der Waals surface area (Å²) in [6.07, 6.45) is 4.41. The monoisotopic (exact) mass is 534 g/mol. The van der Waals surface area contributed by atoms with Crippen molar-refractivity contribution in [1.82, 2.24) is 15.5 Å². The first kappa shape index (κ1) is 31.6. The van der Waals surface area contributed by atoms with Crippen LogP contribution in [0.15, 0.2) is 12.2 Å². The van der Waals surface area contributed by atoms with E-state index in [1.807, 2.05) is 20.8 Å². The van der Waals surface area contributed by atoms with Crippen molar-refractivity contribution in [2.45, 2.75) is 106 Å². The minimum atomic E-state index is -0.867. The summed E-state index contributed by atoms with van der Waals surface area (Å²) in [7, 11) is 0. The summed E-state index contributed by atoms with van der Waals surface area (Å²) in [5.41, 5.74) is 3.94. The van der Waals surface area contributed by atoms with Gasteiger partial charge in [0.25, 0.3) is 0 Å². The van der Waals surface area contributed by atoms with Gasteiger partial charge in [-0.3, -0.25) is 14.4 Å². The third-order valence-electron chi connectivity index (χ3n) is 8.58. The van der Waals surface area contributed by atoms with E-state index in [1.54, 1.807) is 25.7 Å². The molecule has 9 nitrogen and oxygen atoms in total. The molecule has 0 aromatic rings. The second-order valence-corrected chi connectivity index (χ2v) is 13.5. The van der Waals surface area contributed by atoms with Crippen molar-refractivity contribution in [2.75, 3.05) is 13.1 Å². The fraction of sp³-hybridized carbons (Fsp3) is 0.793. The number of hydrogen-bond donors (Lipinski definition) is 3. The zero-order valence-corrected chi connectivity index (χ0v) is 24.9. The number of ether oxygens (including phenoxy) is 1. The van der Waals surface area contributed by atoms with Gasteiger partial charge in [-0.1, -0.05) is 67.4 Å². The predicted octanol–water partition coefficient (Wildman–Crippen LogP) is 3.76. The second-order valence-electron chi connectivity index (χ2n) is 13.5. The summed E-state index contributed by atoms with van der Waals surface area (Å²) in [5.74, 6) is -0.113. The lowest BCUT2D eigenvalue weighted by Gasteiger charge is -2.39. The van der Waals surface area contributed by atoms with Gasteiger partial charge in [-0.15, -0.1) is 0 Å². The topological polar surface area (TPSA) is 131 Å². The van der Waals surface area contributed by atoms with Gasteiger partial charge in [0.2, 0.25) is 17.7 Å². The minimum absolute atomic E-state index is 0.00444. The second kappa shape index (κ2) is 11.7. The maximum Gasteiger partial charge on any atom is 0.408 e. The Kier molecular flexibility index (Phi) is 9.71. The third-order valence-corrected chi connectivity index (χ3v) is 8.58. The highest BCUT2D eigenvalue weighted by atomic mass is 16.6. The van der Waals surface area contributed by atoms with Gasteiger partial charge in [-0.2, -0.15) is 0 Å². The number of piperidine rings is 1. The number of likely N-dealkylation sites (tertiary alicyclic amines) is 1. The molecule has 0 aromatic carbocycles. The summed E-state index contributed by atoms with van der Waals surface area (Å²) in [6, 6.07) is -1.57. The fourth-order valence-corrected chi connectivity index (χ4v) is 5.20. The van der Waals surface area contributed by atoms with Gasteiger partial charge in [0.15, 0.2) is 0 Å². The van der Waals surface area contributed by atoms with E-state index in [2.05, 4.69) is 38.0 Å². The Labute approximate surface area is 228 Å². The van der Waals surface area contributed by atoms with Crippen LogP contribution in [0.4, 0.5) is 4.79 Å². The van der Waals surface area contributed by atoms with E-state index in [-0.39, 0.29) is 41.2 Å². The summed E-state index contributed by atoms with van der Waals surface area (Å²) in [6.45, 7) is 21.4. The Hall–Kier alpha value is -2.58. The van der Waals surface area contributed by atoms with Gasteiger partial charge in [-0.05, 0) is 55.8 Å². The molecule has 4 amide bonds. The Morgan fingerprint density at radius 1 is 1.13 bits per heavy atom. The number of rotatable bonds is 8. The molecule has 216 valence electrons. The Bertz CT molecular complexity index is 932. The van der Waals surface area contributed by atoms with E-state index in [9.17, 15) is 19.2 Å². The van der Waals surface area contributed by atoms with Gasteiger partial charge >= 0.3 is 6.09 Å². The van der Waals surface area contributed by atoms with Gasteiger partial charge in [0.1, 0.15) is 17.7 Å². The summed E-state index contributed by atoms with van der Waals surface area (Å²) < 4.78 is 5.39. The normalized spacial score (nSPS) is 24.6. The minimum Gasteiger partial charge on any atom is -0.444 e. The van der Waals surface area contributed by atoms with Crippen LogP contribution in [0.3, 0.4) is 0 Å². The number of hydrogen-bond acceptors (Lipinski definition) is 5. The van der Waals surface area contributed by atoms with Crippen LogP contribution in [0.2, 0.25) is 0 Å². The standard InChI is InChI=1S/C24H40N4O5.C5H10/c1-10-23(6,7)17(27-21(32)33-22(3,4)5)20(31)28-12-14-15(24(14,8)9)16(28)19(30)26-11-13(2)18(25)29;1-5-3-2-4-5/h14-17H,2,10-12H2,1,3-9H3,(H2,25,29)(H,26,30)(H,27,32);5H,2-4H2,1H3. The summed E-state index contributed by atoms with van der Waals surface area (Å²) in [5, 5.41) is 5.46. The quantitative estimate of drug-likeness (QED) is 0.408. The molecule has 4 atom stereocenters. The lowest BCUT2D eigenvalue weighted by molar-refractivity contribution is -0.144. The van der Waals surface area contributed by atoms with Gasteiger partial charge < -0.3 is 26.0 Å². The number of fused-ring (bicyclic) bond motifs is 1. The average molecular weight is 535 g/mol. The highest BCUT2D eigenvalue weighted by Crippen LogP contribution is 2.65. The van der Waals surface area contributed by atoms with E-state index < -0.39 is 35.1 Å². The predicted molar refractivity (Wildman–Crippen MR) is 148 cm³/mol. The molecule has 3 fully saturated rings. The SMILES string of the molecule is C=C(CNC(=O)C1C2C(CN1C(=O)C(NC(=O)OC(C)(C)C)C(C)(C)CC)C2(C)C)C(N)=O.CC1CCC1. The first-order valence-electron chi connectivity index (χ1n) is 13.9. The van der Waals surface area contributed by atoms with Gasteiger partial charge in [0, 0.05) is 18.7 Å². The van der Waals surface area contributed by atoms with Crippen molar-refractivity contribution in [2.24, 2.45) is 34.3 Å². The fourth-order valence-electron chi connectivity index (χ4n) is 5.20. The zero-order chi connectivity index (χ0) is 29.2. The third kappa shape index (κ3) is 7.50. The largest absolute Gasteiger partial charge is 0.444 e. The smallest absolute Gasteiger partial charge is 0.408 e. The first-order chi connectivity index (χ1) is 17.3. The molecule has 1 saturated heterocycles. The highest BCUT2D eigenvalue weighted by molar-refractivity contribution is 5.95. The van der Waals surface area contributed by atoms with Crippen molar-refractivity contribution in [3.8, 4) is 0 Å². The number of nitrogens with two attached hydrogens (primary N) is 1. The Balaban J connectivity index is 0.000000904. The lowest BCUT2D eigenvalue weighted by atomic mass is 9.80. The van der Waals surface area contributed by atoms with Crippen molar-refractivity contribution < 1.29 is 23.9 Å². The van der Waals surface area contributed by atoms with Crippen molar-refractivity contribution in [1.29, 1.82) is 0 Å². The molecule has 3 rings (SSSR count). The molecule has 0 radical (unpaired) electrons. The molecule has 4 unspecified atom stereocenters. The maximum absolute atomic E-state index is 13.8. The molecule has 3 aliphatic rings. The van der Waals surface area contributed by atoms with E-state index >= 15 is 0 Å². The number of carbonyl (C=O) groups excluding carboxylic acids is 4. The first-order valence-corrected chi connectivity index (χ1v) is 13.9. The molecule has 2 aliphatic carbocycles. The van der Waals surface area contributed by atoms with Gasteiger partial charge in [-0.25, -0.2) is 4.79 Å².